The van der Waals surface area contributed by atoms with Crippen LogP contribution in [0.3, 0.4) is 0 Å². The lowest BCUT2D eigenvalue weighted by atomic mass is 10.3. The summed E-state index contributed by atoms with van der Waals surface area (Å²) in [5.41, 5.74) is 0.926. The molecular weight excluding hydrogens is 254 g/mol. The Bertz CT molecular complexity index is 576. The third-order valence-corrected chi connectivity index (χ3v) is 2.98. The van der Waals surface area contributed by atoms with Crippen molar-refractivity contribution in [1.29, 1.82) is 0 Å². The zero-order valence-corrected chi connectivity index (χ0v) is 12.6. The second kappa shape index (κ2) is 5.85. The molecule has 0 radical (unpaired) electrons. The smallest absolute Gasteiger partial charge is 0.226 e. The van der Waals surface area contributed by atoms with Gasteiger partial charge in [0, 0.05) is 32.4 Å². The molecule has 2 heterocycles. The molecule has 7 heteroatoms. The van der Waals surface area contributed by atoms with Gasteiger partial charge in [-0.15, -0.1) is 10.2 Å². The van der Waals surface area contributed by atoms with Gasteiger partial charge in [-0.3, -0.25) is 0 Å². The summed E-state index contributed by atoms with van der Waals surface area (Å²) >= 11 is 0. The van der Waals surface area contributed by atoms with E-state index in [1.807, 2.05) is 43.5 Å². The Hall–Kier alpha value is -2.18. The molecule has 1 N–H and O–H groups in total. The van der Waals surface area contributed by atoms with Crippen molar-refractivity contribution in [3.63, 3.8) is 0 Å². The maximum Gasteiger partial charge on any atom is 0.226 e. The van der Waals surface area contributed by atoms with Gasteiger partial charge < -0.3 is 14.8 Å². The van der Waals surface area contributed by atoms with Crippen LogP contribution in [0.2, 0.25) is 0 Å². The van der Waals surface area contributed by atoms with Crippen LogP contribution < -0.4 is 10.2 Å². The number of aryl methyl sites for hydroxylation is 2. The molecule has 0 saturated heterocycles. The van der Waals surface area contributed by atoms with Gasteiger partial charge in [-0.05, 0) is 20.8 Å². The van der Waals surface area contributed by atoms with Crippen LogP contribution in [-0.4, -0.2) is 38.8 Å². The summed E-state index contributed by atoms with van der Waals surface area (Å²) in [4.78, 5) is 10.7. The van der Waals surface area contributed by atoms with Gasteiger partial charge in [0.2, 0.25) is 5.95 Å². The lowest BCUT2D eigenvalue weighted by molar-refractivity contribution is 0.657. The first-order valence-corrected chi connectivity index (χ1v) is 6.68. The molecular formula is C13H21N7. The van der Waals surface area contributed by atoms with Crippen molar-refractivity contribution in [2.75, 3.05) is 24.3 Å². The molecule has 1 unspecified atom stereocenters. The second-order valence-corrected chi connectivity index (χ2v) is 4.93. The van der Waals surface area contributed by atoms with E-state index in [0.717, 1.165) is 23.9 Å². The Kier molecular flexibility index (Phi) is 4.16. The van der Waals surface area contributed by atoms with Crippen LogP contribution in [-0.2, 0) is 6.54 Å². The first-order chi connectivity index (χ1) is 9.51. The molecule has 0 aliphatic heterocycles. The van der Waals surface area contributed by atoms with Gasteiger partial charge in [0.25, 0.3) is 0 Å². The average Bonchev–Trinajstić information content (AvgIpc) is 2.86. The van der Waals surface area contributed by atoms with E-state index in [1.165, 1.54) is 0 Å². The van der Waals surface area contributed by atoms with E-state index in [1.54, 1.807) is 6.33 Å². The topological polar surface area (TPSA) is 71.8 Å². The van der Waals surface area contributed by atoms with Crippen LogP contribution in [0.25, 0.3) is 0 Å². The molecule has 2 aromatic heterocycles. The van der Waals surface area contributed by atoms with E-state index in [9.17, 15) is 0 Å². The first kappa shape index (κ1) is 14.2. The molecule has 108 valence electrons. The van der Waals surface area contributed by atoms with Crippen LogP contribution in [0.15, 0.2) is 12.4 Å². The Morgan fingerprint density at radius 3 is 2.75 bits per heavy atom. The molecule has 20 heavy (non-hydrogen) atoms. The highest BCUT2D eigenvalue weighted by Gasteiger charge is 2.14. The summed E-state index contributed by atoms with van der Waals surface area (Å²) in [5, 5.41) is 11.5. The van der Waals surface area contributed by atoms with Gasteiger partial charge in [-0.25, -0.2) is 4.98 Å². The van der Waals surface area contributed by atoms with E-state index in [4.69, 9.17) is 0 Å². The van der Waals surface area contributed by atoms with Crippen molar-refractivity contribution >= 4 is 11.8 Å². The van der Waals surface area contributed by atoms with E-state index in [-0.39, 0.29) is 6.04 Å². The maximum absolute atomic E-state index is 4.48. The Labute approximate surface area is 119 Å². The maximum atomic E-state index is 4.48. The van der Waals surface area contributed by atoms with E-state index in [0.29, 0.717) is 5.95 Å². The fourth-order valence-corrected chi connectivity index (χ4v) is 1.96. The summed E-state index contributed by atoms with van der Waals surface area (Å²) in [6.45, 7) is 6.92. The summed E-state index contributed by atoms with van der Waals surface area (Å²) in [6.07, 6.45) is 1.74. The van der Waals surface area contributed by atoms with Crippen LogP contribution in [0.4, 0.5) is 11.8 Å². The Balaban J connectivity index is 2.21. The number of rotatable bonds is 5. The van der Waals surface area contributed by atoms with Crippen LogP contribution in [0.5, 0.6) is 0 Å². The molecule has 0 bridgehead atoms. The highest BCUT2D eigenvalue weighted by molar-refractivity contribution is 5.43. The number of aromatic nitrogens is 5. The molecule has 2 aromatic rings. The summed E-state index contributed by atoms with van der Waals surface area (Å²) < 4.78 is 2.01. The number of hydrogen-bond donors (Lipinski definition) is 1. The van der Waals surface area contributed by atoms with Gasteiger partial charge in [-0.1, -0.05) is 0 Å². The van der Waals surface area contributed by atoms with Gasteiger partial charge in [0.1, 0.15) is 12.1 Å². The molecule has 1 atom stereocenters. The fourth-order valence-electron chi connectivity index (χ4n) is 1.96. The van der Waals surface area contributed by atoms with Gasteiger partial charge in [0.05, 0.1) is 6.04 Å². The first-order valence-electron chi connectivity index (χ1n) is 6.68. The second-order valence-electron chi connectivity index (χ2n) is 4.93. The van der Waals surface area contributed by atoms with Crippen molar-refractivity contribution in [2.45, 2.75) is 33.4 Å². The predicted octanol–water partition coefficient (Wildman–Crippen LogP) is 1.64. The lowest BCUT2D eigenvalue weighted by Gasteiger charge is -2.17. The molecule has 2 rings (SSSR count). The van der Waals surface area contributed by atoms with E-state index >= 15 is 0 Å². The molecule has 7 nitrogen and oxygen atoms in total. The standard InChI is InChI=1S/C13H21N7/c1-6-20-8-14-18-12(20)10(3)16-11-7-9(2)15-13(17-11)19(4)5/h7-8,10H,6H2,1-5H3,(H,15,16,17). The quantitative estimate of drug-likeness (QED) is 0.894. The molecule has 0 aliphatic carbocycles. The zero-order chi connectivity index (χ0) is 14.7. The lowest BCUT2D eigenvalue weighted by Crippen LogP contribution is -2.17. The number of hydrogen-bond acceptors (Lipinski definition) is 6. The largest absolute Gasteiger partial charge is 0.360 e. The molecule has 0 aliphatic rings. The van der Waals surface area contributed by atoms with Crippen LogP contribution in [0, 0.1) is 6.92 Å². The minimum absolute atomic E-state index is 0.0294. The van der Waals surface area contributed by atoms with Crippen molar-refractivity contribution in [3.05, 3.63) is 23.9 Å². The zero-order valence-electron chi connectivity index (χ0n) is 12.6. The highest BCUT2D eigenvalue weighted by atomic mass is 15.3. The van der Waals surface area contributed by atoms with Crippen molar-refractivity contribution in [3.8, 4) is 0 Å². The third-order valence-electron chi connectivity index (χ3n) is 2.98. The molecule has 0 amide bonds. The van der Waals surface area contributed by atoms with Crippen LogP contribution in [0.1, 0.15) is 31.4 Å². The van der Waals surface area contributed by atoms with Gasteiger partial charge >= 0.3 is 0 Å². The van der Waals surface area contributed by atoms with E-state index < -0.39 is 0 Å². The summed E-state index contributed by atoms with van der Waals surface area (Å²) in [7, 11) is 3.85. The Morgan fingerprint density at radius 2 is 2.10 bits per heavy atom. The van der Waals surface area contributed by atoms with Crippen LogP contribution >= 0.6 is 0 Å². The fraction of sp³-hybridized carbons (Fsp3) is 0.538. The van der Waals surface area contributed by atoms with Gasteiger partial charge in [0.15, 0.2) is 5.82 Å². The molecule has 0 spiro atoms. The van der Waals surface area contributed by atoms with E-state index in [2.05, 4.69) is 32.4 Å². The summed E-state index contributed by atoms with van der Waals surface area (Å²) in [6, 6.07) is 1.96. The number of nitrogens with zero attached hydrogens (tertiary/aromatic N) is 6. The highest BCUT2D eigenvalue weighted by Crippen LogP contribution is 2.18. The van der Waals surface area contributed by atoms with Crippen molar-refractivity contribution < 1.29 is 0 Å². The van der Waals surface area contributed by atoms with Crippen molar-refractivity contribution in [2.24, 2.45) is 0 Å². The molecule has 0 aromatic carbocycles. The normalized spacial score (nSPS) is 12.2. The minimum Gasteiger partial charge on any atom is -0.360 e. The predicted molar refractivity (Wildman–Crippen MR) is 78.8 cm³/mol. The number of anilines is 2. The monoisotopic (exact) mass is 275 g/mol. The number of nitrogens with one attached hydrogen (secondary N) is 1. The Morgan fingerprint density at radius 1 is 1.35 bits per heavy atom. The third kappa shape index (κ3) is 3.04. The van der Waals surface area contributed by atoms with Gasteiger partial charge in [-0.2, -0.15) is 4.98 Å². The summed E-state index contributed by atoms with van der Waals surface area (Å²) in [5.74, 6) is 2.38. The molecule has 0 saturated carbocycles. The minimum atomic E-state index is 0.0294. The molecule has 0 fully saturated rings. The SMILES string of the molecule is CCn1cnnc1C(C)Nc1cc(C)nc(N(C)C)n1. The van der Waals surface area contributed by atoms with Crippen molar-refractivity contribution in [1.82, 2.24) is 24.7 Å². The average molecular weight is 275 g/mol.